The van der Waals surface area contributed by atoms with Gasteiger partial charge in [-0.05, 0) is 29.8 Å². The second kappa shape index (κ2) is 10.9. The largest absolute Gasteiger partial charge is 0.490 e. The molecule has 2 aromatic carbocycles. The summed E-state index contributed by atoms with van der Waals surface area (Å²) in [4.78, 5) is 32.1. The highest BCUT2D eigenvalue weighted by molar-refractivity contribution is 6.32. The van der Waals surface area contributed by atoms with E-state index >= 15 is 4.39 Å². The SMILES string of the molecule is C=Cc1cc(C#N)cc(Oc2c(Cl)ccc(Cn3cnc4nc[nH]c4c3=O)c2F)c1.O=C(O)C(F)(F)F. The van der Waals surface area contributed by atoms with E-state index in [0.29, 0.717) is 11.1 Å². The van der Waals surface area contributed by atoms with E-state index in [1.165, 1.54) is 35.4 Å². The number of imidazole rings is 1. The van der Waals surface area contributed by atoms with Gasteiger partial charge in [0.2, 0.25) is 0 Å². The van der Waals surface area contributed by atoms with Crippen LogP contribution in [0.25, 0.3) is 17.2 Å². The number of carboxylic acid groups (broad SMARTS) is 1. The molecule has 0 radical (unpaired) electrons. The maximum atomic E-state index is 15.2. The van der Waals surface area contributed by atoms with Crippen LogP contribution >= 0.6 is 11.6 Å². The maximum Gasteiger partial charge on any atom is 0.490 e. The fourth-order valence-corrected chi connectivity index (χ4v) is 3.11. The Balaban J connectivity index is 0.000000479. The summed E-state index contributed by atoms with van der Waals surface area (Å²) in [7, 11) is 0. The van der Waals surface area contributed by atoms with Gasteiger partial charge in [-0.3, -0.25) is 9.36 Å². The summed E-state index contributed by atoms with van der Waals surface area (Å²) in [6.07, 6.45) is -0.870. The highest BCUT2D eigenvalue weighted by Crippen LogP contribution is 2.35. The number of aliphatic carboxylic acids is 1. The van der Waals surface area contributed by atoms with Crippen LogP contribution in [0.5, 0.6) is 11.5 Å². The number of benzene rings is 2. The summed E-state index contributed by atoms with van der Waals surface area (Å²) in [5.74, 6) is -3.45. The van der Waals surface area contributed by atoms with Crippen LogP contribution < -0.4 is 10.3 Å². The summed E-state index contributed by atoms with van der Waals surface area (Å²) in [5.41, 5.74) is 1.29. The molecule has 190 valence electrons. The molecule has 0 saturated carbocycles. The monoisotopic (exact) mass is 535 g/mol. The number of nitrogens with one attached hydrogen (secondary N) is 1. The van der Waals surface area contributed by atoms with Crippen molar-refractivity contribution in [1.29, 1.82) is 5.26 Å². The zero-order valence-electron chi connectivity index (χ0n) is 18.4. The van der Waals surface area contributed by atoms with Crippen LogP contribution in [-0.2, 0) is 11.3 Å². The molecule has 9 nitrogen and oxygen atoms in total. The topological polar surface area (TPSA) is 134 Å². The van der Waals surface area contributed by atoms with E-state index in [9.17, 15) is 18.0 Å². The van der Waals surface area contributed by atoms with Crippen molar-refractivity contribution in [3.05, 3.63) is 87.4 Å². The maximum absolute atomic E-state index is 15.2. The molecule has 2 heterocycles. The molecular formula is C23H14ClF4N5O4. The predicted molar refractivity (Wildman–Crippen MR) is 124 cm³/mol. The second-order valence-electron chi connectivity index (χ2n) is 7.14. The van der Waals surface area contributed by atoms with E-state index in [1.54, 1.807) is 18.2 Å². The third kappa shape index (κ3) is 6.30. The van der Waals surface area contributed by atoms with E-state index in [1.807, 2.05) is 6.07 Å². The Labute approximate surface area is 209 Å². The lowest BCUT2D eigenvalue weighted by Crippen LogP contribution is -2.21. The van der Waals surface area contributed by atoms with E-state index in [2.05, 4.69) is 21.5 Å². The highest BCUT2D eigenvalue weighted by Gasteiger charge is 2.38. The van der Waals surface area contributed by atoms with Gasteiger partial charge < -0.3 is 14.8 Å². The summed E-state index contributed by atoms with van der Waals surface area (Å²) >= 11 is 6.15. The molecule has 2 N–H and O–H groups in total. The van der Waals surface area contributed by atoms with Gasteiger partial charge in [0.25, 0.3) is 5.56 Å². The summed E-state index contributed by atoms with van der Waals surface area (Å²) in [5, 5.41) is 16.3. The lowest BCUT2D eigenvalue weighted by atomic mass is 10.1. The number of hydrogen-bond donors (Lipinski definition) is 2. The minimum atomic E-state index is -5.08. The van der Waals surface area contributed by atoms with Gasteiger partial charge in [-0.25, -0.2) is 19.2 Å². The van der Waals surface area contributed by atoms with Gasteiger partial charge in [-0.15, -0.1) is 0 Å². The number of aromatic nitrogens is 4. The van der Waals surface area contributed by atoms with Gasteiger partial charge in [0, 0.05) is 5.56 Å². The third-order valence-corrected chi connectivity index (χ3v) is 4.94. The number of carboxylic acids is 1. The van der Waals surface area contributed by atoms with Crippen molar-refractivity contribution in [1.82, 2.24) is 19.5 Å². The number of fused-ring (bicyclic) bond motifs is 1. The minimum absolute atomic E-state index is 0.0493. The summed E-state index contributed by atoms with van der Waals surface area (Å²) in [6, 6.07) is 9.66. The Morgan fingerprint density at radius 1 is 1.30 bits per heavy atom. The first-order valence-corrected chi connectivity index (χ1v) is 10.3. The molecule has 0 fully saturated rings. The number of rotatable bonds is 5. The van der Waals surface area contributed by atoms with Crippen LogP contribution in [0.3, 0.4) is 0 Å². The molecule has 0 aliphatic rings. The molecule has 0 aliphatic heterocycles. The fraction of sp³-hybridized carbons (Fsp3) is 0.0870. The average molecular weight is 536 g/mol. The van der Waals surface area contributed by atoms with Crippen LogP contribution in [0, 0.1) is 17.1 Å². The first-order chi connectivity index (χ1) is 17.4. The van der Waals surface area contributed by atoms with Crippen molar-refractivity contribution in [2.45, 2.75) is 12.7 Å². The summed E-state index contributed by atoms with van der Waals surface area (Å²) in [6.45, 7) is 3.58. The zero-order valence-corrected chi connectivity index (χ0v) is 19.1. The molecule has 14 heteroatoms. The normalized spacial score (nSPS) is 10.8. The number of nitrogens with zero attached hydrogens (tertiary/aromatic N) is 4. The van der Waals surface area contributed by atoms with Crippen LogP contribution in [0.2, 0.25) is 5.02 Å². The van der Waals surface area contributed by atoms with Crippen LogP contribution in [0.15, 0.2) is 54.4 Å². The first kappa shape index (κ1) is 26.9. The fourth-order valence-electron chi connectivity index (χ4n) is 2.93. The molecule has 0 bridgehead atoms. The number of alkyl halides is 3. The molecule has 0 aliphatic carbocycles. The second-order valence-corrected chi connectivity index (χ2v) is 7.55. The van der Waals surface area contributed by atoms with E-state index in [4.69, 9.17) is 31.5 Å². The quantitative estimate of drug-likeness (QED) is 0.347. The lowest BCUT2D eigenvalue weighted by molar-refractivity contribution is -0.192. The molecule has 4 aromatic rings. The molecule has 0 amide bonds. The molecule has 4 rings (SSSR count). The van der Waals surface area contributed by atoms with Crippen molar-refractivity contribution in [3.8, 4) is 17.6 Å². The summed E-state index contributed by atoms with van der Waals surface area (Å²) < 4.78 is 53.9. The molecule has 0 saturated heterocycles. The van der Waals surface area contributed by atoms with E-state index in [0.717, 1.165) is 0 Å². The number of aromatic amines is 1. The predicted octanol–water partition coefficient (Wildman–Crippen LogP) is 4.90. The molecule has 0 spiro atoms. The van der Waals surface area contributed by atoms with Crippen molar-refractivity contribution in [2.24, 2.45) is 0 Å². The van der Waals surface area contributed by atoms with Crippen LogP contribution in [0.1, 0.15) is 16.7 Å². The van der Waals surface area contributed by atoms with Gasteiger partial charge in [0.15, 0.2) is 22.7 Å². The van der Waals surface area contributed by atoms with E-state index < -0.39 is 18.0 Å². The Bertz CT molecular complexity index is 1590. The Kier molecular flexibility index (Phi) is 7.94. The van der Waals surface area contributed by atoms with Crippen LogP contribution in [0.4, 0.5) is 17.6 Å². The highest BCUT2D eigenvalue weighted by atomic mass is 35.5. The Hall–Kier alpha value is -4.70. The first-order valence-electron chi connectivity index (χ1n) is 9.95. The smallest absolute Gasteiger partial charge is 0.475 e. The van der Waals surface area contributed by atoms with E-state index in [-0.39, 0.29) is 45.4 Å². The van der Waals surface area contributed by atoms with Crippen molar-refractivity contribution in [3.63, 3.8) is 0 Å². The van der Waals surface area contributed by atoms with Gasteiger partial charge in [-0.1, -0.05) is 30.3 Å². The minimum Gasteiger partial charge on any atom is -0.475 e. The van der Waals surface area contributed by atoms with Gasteiger partial charge >= 0.3 is 12.1 Å². The van der Waals surface area contributed by atoms with Gasteiger partial charge in [0.1, 0.15) is 12.1 Å². The standard InChI is InChI=1S/C21H13ClFN5O2.C2HF3O2/c1-2-12-5-13(8-24)7-15(6-12)30-19-16(22)4-3-14(17(19)23)9-28-11-27-20-18(21(28)29)25-10-26-20;3-2(4,5)1(6)7/h2-7,10-11H,1,9H2,(H,25,26);(H,6,7). The number of halogens is 5. The number of H-pyrrole nitrogens is 1. The Morgan fingerprint density at radius 2 is 2.00 bits per heavy atom. The average Bonchev–Trinajstić information content (AvgIpc) is 3.34. The van der Waals surface area contributed by atoms with Crippen molar-refractivity contribution in [2.75, 3.05) is 0 Å². The van der Waals surface area contributed by atoms with Gasteiger partial charge in [0.05, 0.1) is 29.5 Å². The number of ether oxygens (including phenoxy) is 1. The molecule has 2 aromatic heterocycles. The zero-order chi connectivity index (χ0) is 27.3. The molecule has 0 unspecified atom stereocenters. The van der Waals surface area contributed by atoms with Gasteiger partial charge in [-0.2, -0.15) is 18.4 Å². The number of nitriles is 1. The lowest BCUT2D eigenvalue weighted by Gasteiger charge is -2.13. The molecule has 0 atom stereocenters. The molecular weight excluding hydrogens is 522 g/mol. The molecule has 37 heavy (non-hydrogen) atoms. The Morgan fingerprint density at radius 3 is 2.62 bits per heavy atom. The van der Waals surface area contributed by atoms with Crippen LogP contribution in [-0.4, -0.2) is 36.8 Å². The number of carbonyl (C=O) groups is 1. The van der Waals surface area contributed by atoms with Crippen molar-refractivity contribution < 1.29 is 32.2 Å². The third-order valence-electron chi connectivity index (χ3n) is 4.64. The number of hydrogen-bond acceptors (Lipinski definition) is 6. The van der Waals surface area contributed by atoms with Crippen molar-refractivity contribution >= 4 is 34.8 Å².